The van der Waals surface area contributed by atoms with Crippen molar-refractivity contribution in [2.24, 2.45) is 0 Å². The first-order chi connectivity index (χ1) is 10.3. The number of hydrogen-bond donors (Lipinski definition) is 1. The zero-order valence-corrected chi connectivity index (χ0v) is 12.6. The van der Waals surface area contributed by atoms with Gasteiger partial charge in [0, 0.05) is 11.7 Å². The van der Waals surface area contributed by atoms with Crippen LogP contribution < -0.4 is 10.6 Å². The van der Waals surface area contributed by atoms with Gasteiger partial charge in [-0.25, -0.2) is 0 Å². The predicted molar refractivity (Wildman–Crippen MR) is 91.9 cm³/mol. The predicted octanol–water partition coefficient (Wildman–Crippen LogP) is 4.06. The summed E-state index contributed by atoms with van der Waals surface area (Å²) >= 11 is 0. The van der Waals surface area contributed by atoms with Crippen molar-refractivity contribution in [3.05, 3.63) is 96.3 Å². The maximum Gasteiger partial charge on any atom is 0.104 e. The van der Waals surface area contributed by atoms with Crippen molar-refractivity contribution < 1.29 is 5.11 Å². The van der Waals surface area contributed by atoms with Crippen LogP contribution in [0.15, 0.2) is 96.3 Å². The van der Waals surface area contributed by atoms with E-state index in [0.717, 1.165) is 5.57 Å². The molecule has 0 aromatic heterocycles. The monoisotopic (exact) mass is 292 g/mol. The van der Waals surface area contributed by atoms with Gasteiger partial charge in [0.2, 0.25) is 0 Å². The fourth-order valence-electron chi connectivity index (χ4n) is 2.35. The Kier molecular flexibility index (Phi) is 4.33. The van der Waals surface area contributed by atoms with Crippen LogP contribution >= 0.6 is 7.92 Å². The number of aliphatic hydroxyl groups is 1. The van der Waals surface area contributed by atoms with Crippen LogP contribution in [0.4, 0.5) is 0 Å². The first-order valence-electron chi connectivity index (χ1n) is 6.99. The SMILES string of the molecule is OC(CP(c1ccccc1)c1ccccc1)=C1C=CC=C1. The molecule has 0 spiro atoms. The van der Waals surface area contributed by atoms with E-state index in [1.54, 1.807) is 0 Å². The quantitative estimate of drug-likeness (QED) is 0.665. The molecule has 3 rings (SSSR count). The van der Waals surface area contributed by atoms with Gasteiger partial charge in [-0.3, -0.25) is 0 Å². The number of hydrogen-bond acceptors (Lipinski definition) is 1. The van der Waals surface area contributed by atoms with Crippen molar-refractivity contribution in [1.82, 2.24) is 0 Å². The standard InChI is InChI=1S/C19H17OP/c20-19(16-9-7-8-10-16)15-21(17-11-3-1-4-12-17)18-13-5-2-6-14-18/h1-14,20H,15H2. The lowest BCUT2D eigenvalue weighted by atomic mass is 10.2. The van der Waals surface area contributed by atoms with Crippen LogP contribution in [0.5, 0.6) is 0 Å². The summed E-state index contributed by atoms with van der Waals surface area (Å²) in [6, 6.07) is 20.9. The van der Waals surface area contributed by atoms with Crippen molar-refractivity contribution in [2.45, 2.75) is 0 Å². The topological polar surface area (TPSA) is 20.2 Å². The zero-order chi connectivity index (χ0) is 14.5. The molecular weight excluding hydrogens is 275 g/mol. The molecule has 0 atom stereocenters. The first kappa shape index (κ1) is 13.9. The summed E-state index contributed by atoms with van der Waals surface area (Å²) in [5.74, 6) is 0.471. The Morgan fingerprint density at radius 3 is 1.71 bits per heavy atom. The number of aliphatic hydroxyl groups excluding tert-OH is 1. The Morgan fingerprint density at radius 1 is 0.762 bits per heavy atom. The van der Waals surface area contributed by atoms with Crippen LogP contribution in [-0.2, 0) is 0 Å². The van der Waals surface area contributed by atoms with Crippen molar-refractivity contribution in [3.8, 4) is 0 Å². The molecule has 1 nitrogen and oxygen atoms in total. The number of benzene rings is 2. The van der Waals surface area contributed by atoms with E-state index in [1.165, 1.54) is 10.6 Å². The second-order valence-electron chi connectivity index (χ2n) is 4.88. The van der Waals surface area contributed by atoms with Crippen LogP contribution in [0.2, 0.25) is 0 Å². The van der Waals surface area contributed by atoms with Crippen LogP contribution in [0.25, 0.3) is 0 Å². The third-order valence-electron chi connectivity index (χ3n) is 3.44. The maximum atomic E-state index is 10.4. The highest BCUT2D eigenvalue weighted by molar-refractivity contribution is 7.73. The molecule has 0 fully saturated rings. The molecule has 2 aromatic rings. The Balaban J connectivity index is 1.96. The lowest BCUT2D eigenvalue weighted by molar-refractivity contribution is 0.413. The minimum Gasteiger partial charge on any atom is -0.511 e. The zero-order valence-electron chi connectivity index (χ0n) is 11.7. The molecule has 1 aliphatic carbocycles. The Labute approximate surface area is 126 Å². The highest BCUT2D eigenvalue weighted by Crippen LogP contribution is 2.36. The maximum absolute atomic E-state index is 10.4. The third-order valence-corrected chi connectivity index (χ3v) is 5.90. The van der Waals surface area contributed by atoms with Gasteiger partial charge in [0.25, 0.3) is 0 Å². The molecular formula is C19H17OP. The molecule has 0 amide bonds. The minimum atomic E-state index is -0.582. The smallest absolute Gasteiger partial charge is 0.104 e. The molecule has 1 N–H and O–H groups in total. The van der Waals surface area contributed by atoms with Gasteiger partial charge in [0.15, 0.2) is 0 Å². The molecule has 21 heavy (non-hydrogen) atoms. The average molecular weight is 292 g/mol. The van der Waals surface area contributed by atoms with Gasteiger partial charge in [-0.05, 0) is 18.5 Å². The molecule has 2 aromatic carbocycles. The lowest BCUT2D eigenvalue weighted by Crippen LogP contribution is -2.15. The molecule has 0 radical (unpaired) electrons. The molecule has 0 unspecified atom stereocenters. The number of rotatable bonds is 4. The molecule has 0 heterocycles. The van der Waals surface area contributed by atoms with E-state index in [1.807, 2.05) is 36.4 Å². The summed E-state index contributed by atoms with van der Waals surface area (Å²) in [6.45, 7) is 0. The van der Waals surface area contributed by atoms with Gasteiger partial charge in [-0.15, -0.1) is 0 Å². The van der Waals surface area contributed by atoms with E-state index in [0.29, 0.717) is 11.9 Å². The molecule has 0 saturated heterocycles. The second-order valence-corrected chi connectivity index (χ2v) is 7.08. The summed E-state index contributed by atoms with van der Waals surface area (Å²) in [5, 5.41) is 13.0. The Hall–Kier alpha value is -2.11. The van der Waals surface area contributed by atoms with Crippen molar-refractivity contribution in [1.29, 1.82) is 0 Å². The van der Waals surface area contributed by atoms with Crippen LogP contribution in [0, 0.1) is 0 Å². The van der Waals surface area contributed by atoms with Gasteiger partial charge in [-0.2, -0.15) is 0 Å². The molecule has 0 bridgehead atoms. The van der Waals surface area contributed by atoms with Crippen LogP contribution in [0.3, 0.4) is 0 Å². The van der Waals surface area contributed by atoms with E-state index >= 15 is 0 Å². The minimum absolute atomic E-state index is 0.471. The molecule has 0 saturated carbocycles. The summed E-state index contributed by atoms with van der Waals surface area (Å²) < 4.78 is 0. The van der Waals surface area contributed by atoms with Crippen LogP contribution in [0.1, 0.15) is 0 Å². The van der Waals surface area contributed by atoms with Gasteiger partial charge >= 0.3 is 0 Å². The van der Waals surface area contributed by atoms with Gasteiger partial charge in [-0.1, -0.05) is 85.0 Å². The first-order valence-corrected chi connectivity index (χ1v) is 8.52. The van der Waals surface area contributed by atoms with Gasteiger partial charge in [0.05, 0.1) is 0 Å². The summed E-state index contributed by atoms with van der Waals surface area (Å²) in [6.07, 6.45) is 8.50. The molecule has 2 heteroatoms. The van der Waals surface area contributed by atoms with E-state index in [4.69, 9.17) is 0 Å². The van der Waals surface area contributed by atoms with Gasteiger partial charge < -0.3 is 5.11 Å². The van der Waals surface area contributed by atoms with Crippen molar-refractivity contribution in [2.75, 3.05) is 6.16 Å². The second kappa shape index (κ2) is 6.56. The average Bonchev–Trinajstić information content (AvgIpc) is 3.09. The molecule has 104 valence electrons. The van der Waals surface area contributed by atoms with Crippen molar-refractivity contribution in [3.63, 3.8) is 0 Å². The van der Waals surface area contributed by atoms with Crippen LogP contribution in [-0.4, -0.2) is 11.3 Å². The fraction of sp³-hybridized carbons (Fsp3) is 0.0526. The van der Waals surface area contributed by atoms with E-state index < -0.39 is 7.92 Å². The largest absolute Gasteiger partial charge is 0.511 e. The van der Waals surface area contributed by atoms with E-state index in [-0.39, 0.29) is 0 Å². The fourth-order valence-corrected chi connectivity index (χ4v) is 4.56. The molecule has 0 aliphatic heterocycles. The normalized spacial score (nSPS) is 13.1. The van der Waals surface area contributed by atoms with Crippen molar-refractivity contribution >= 4 is 18.5 Å². The summed E-state index contributed by atoms with van der Waals surface area (Å²) in [7, 11) is -0.582. The lowest BCUT2D eigenvalue weighted by Gasteiger charge is -2.19. The van der Waals surface area contributed by atoms with E-state index in [9.17, 15) is 5.11 Å². The third kappa shape index (κ3) is 3.32. The van der Waals surface area contributed by atoms with E-state index in [2.05, 4.69) is 48.5 Å². The summed E-state index contributed by atoms with van der Waals surface area (Å²) in [5.41, 5.74) is 0.925. The Morgan fingerprint density at radius 2 is 1.24 bits per heavy atom. The van der Waals surface area contributed by atoms with Gasteiger partial charge in [0.1, 0.15) is 5.76 Å². The summed E-state index contributed by atoms with van der Waals surface area (Å²) in [4.78, 5) is 0. The molecule has 1 aliphatic rings. The highest BCUT2D eigenvalue weighted by Gasteiger charge is 2.16. The highest BCUT2D eigenvalue weighted by atomic mass is 31.1. The Bertz CT molecular complexity index is 631. The number of allylic oxidation sites excluding steroid dienone is 6.